The summed E-state index contributed by atoms with van der Waals surface area (Å²) < 4.78 is 35.7. The maximum atomic E-state index is 13.3. The number of rotatable bonds is 9. The Morgan fingerprint density at radius 1 is 1.08 bits per heavy atom. The number of hydroxylamine groups is 1. The lowest BCUT2D eigenvalue weighted by molar-refractivity contribution is -0.134. The number of amides is 2. The van der Waals surface area contributed by atoms with Crippen LogP contribution in [0.25, 0.3) is 0 Å². The first-order valence-corrected chi connectivity index (χ1v) is 12.7. The molecule has 10 nitrogen and oxygen atoms in total. The first-order valence-electron chi connectivity index (χ1n) is 11.2. The smallest absolute Gasteiger partial charge is 0.265 e. The summed E-state index contributed by atoms with van der Waals surface area (Å²) in [5.41, 5.74) is 3.02. The molecular formula is C24H32ClN3O7S. The van der Waals surface area contributed by atoms with Crippen molar-refractivity contribution in [2.45, 2.75) is 35.4 Å². The summed E-state index contributed by atoms with van der Waals surface area (Å²) in [5.74, 6) is -0.785. The Kier molecular flexibility index (Phi) is 10.1. The standard InChI is InChI=1S/C24H31N3O7S.ClH/c1-17(25-22(28)18-4-6-19(7-5-18)27(2)3)16-34-20-8-10-21(11-9-20)35(31,32)24(23(29)26-30)12-14-33-15-13-24;/h4-11,17,30H,12-16H2,1-3H3,(H,25,28)(H,26,29);1H/t17-;/m0./s1. The Morgan fingerprint density at radius 2 is 1.67 bits per heavy atom. The Labute approximate surface area is 217 Å². The van der Waals surface area contributed by atoms with Crippen LogP contribution in [0.4, 0.5) is 5.69 Å². The SMILES string of the molecule is C[C@@H](COc1ccc(S(=O)(=O)C2(C(=O)NO)CCOCC2)cc1)NC(=O)c1ccc(N(C)C)cc1.Cl. The number of nitrogens with zero attached hydrogens (tertiary/aromatic N) is 1. The molecule has 36 heavy (non-hydrogen) atoms. The van der Waals surface area contributed by atoms with E-state index in [0.29, 0.717) is 11.3 Å². The second kappa shape index (κ2) is 12.4. The van der Waals surface area contributed by atoms with Crippen molar-refractivity contribution in [2.24, 2.45) is 0 Å². The van der Waals surface area contributed by atoms with Gasteiger partial charge in [0.05, 0.1) is 10.9 Å². The molecule has 0 saturated carbocycles. The normalized spacial score (nSPS) is 15.7. The quantitative estimate of drug-likeness (QED) is 0.325. The summed E-state index contributed by atoms with van der Waals surface area (Å²) in [6.07, 6.45) is -0.121. The zero-order valence-corrected chi connectivity index (χ0v) is 22.0. The van der Waals surface area contributed by atoms with Crippen LogP contribution in [-0.2, 0) is 19.4 Å². The molecule has 0 bridgehead atoms. The van der Waals surface area contributed by atoms with Crippen LogP contribution in [-0.4, -0.2) is 70.1 Å². The highest BCUT2D eigenvalue weighted by molar-refractivity contribution is 7.93. The van der Waals surface area contributed by atoms with Crippen LogP contribution >= 0.6 is 12.4 Å². The molecule has 1 saturated heterocycles. The molecule has 1 fully saturated rings. The van der Waals surface area contributed by atoms with Crippen LogP contribution in [0.3, 0.4) is 0 Å². The molecule has 1 heterocycles. The number of benzene rings is 2. The van der Waals surface area contributed by atoms with Crippen molar-refractivity contribution < 1.29 is 32.7 Å². The van der Waals surface area contributed by atoms with Crippen LogP contribution < -0.4 is 20.4 Å². The maximum absolute atomic E-state index is 13.3. The lowest BCUT2D eigenvalue weighted by atomic mass is 9.98. The van der Waals surface area contributed by atoms with E-state index in [-0.39, 0.29) is 61.9 Å². The van der Waals surface area contributed by atoms with E-state index in [9.17, 15) is 18.0 Å². The number of ether oxygens (including phenoxy) is 2. The van der Waals surface area contributed by atoms with Gasteiger partial charge in [-0.25, -0.2) is 13.9 Å². The Morgan fingerprint density at radius 3 is 2.19 bits per heavy atom. The number of carbonyl (C=O) groups excluding carboxylic acids is 2. The van der Waals surface area contributed by atoms with Gasteiger partial charge in [-0.05, 0) is 68.3 Å². The fourth-order valence-electron chi connectivity index (χ4n) is 3.84. The molecule has 0 spiro atoms. The average Bonchev–Trinajstić information content (AvgIpc) is 2.87. The zero-order valence-electron chi connectivity index (χ0n) is 20.4. The third-order valence-corrected chi connectivity index (χ3v) is 8.50. The zero-order chi connectivity index (χ0) is 25.6. The van der Waals surface area contributed by atoms with Gasteiger partial charge in [0.25, 0.3) is 11.8 Å². The summed E-state index contributed by atoms with van der Waals surface area (Å²) in [6, 6.07) is 12.6. The van der Waals surface area contributed by atoms with Crippen molar-refractivity contribution >= 4 is 39.7 Å². The molecule has 12 heteroatoms. The van der Waals surface area contributed by atoms with Gasteiger partial charge in [-0.2, -0.15) is 0 Å². The predicted octanol–water partition coefficient (Wildman–Crippen LogP) is 2.20. The molecule has 198 valence electrons. The van der Waals surface area contributed by atoms with Crippen molar-refractivity contribution in [3.63, 3.8) is 0 Å². The van der Waals surface area contributed by atoms with Crippen LogP contribution in [0.15, 0.2) is 53.4 Å². The molecule has 0 radical (unpaired) electrons. The molecule has 3 N–H and O–H groups in total. The van der Waals surface area contributed by atoms with E-state index in [2.05, 4.69) is 5.32 Å². The van der Waals surface area contributed by atoms with E-state index in [1.54, 1.807) is 19.1 Å². The van der Waals surface area contributed by atoms with Crippen molar-refractivity contribution in [2.75, 3.05) is 38.8 Å². The number of hydrogen-bond donors (Lipinski definition) is 3. The lowest BCUT2D eigenvalue weighted by Crippen LogP contribution is -2.54. The van der Waals surface area contributed by atoms with Crippen LogP contribution in [0.2, 0.25) is 0 Å². The lowest BCUT2D eigenvalue weighted by Gasteiger charge is -2.34. The number of sulfone groups is 1. The van der Waals surface area contributed by atoms with E-state index >= 15 is 0 Å². The third kappa shape index (κ3) is 6.28. The van der Waals surface area contributed by atoms with Gasteiger partial charge >= 0.3 is 0 Å². The largest absolute Gasteiger partial charge is 0.491 e. The Hall–Kier alpha value is -2.86. The van der Waals surface area contributed by atoms with E-state index in [1.165, 1.54) is 29.7 Å². The number of nitrogens with one attached hydrogen (secondary N) is 2. The fourth-order valence-corrected chi connectivity index (χ4v) is 5.78. The molecule has 3 rings (SSSR count). The highest BCUT2D eigenvalue weighted by Gasteiger charge is 2.52. The van der Waals surface area contributed by atoms with Gasteiger partial charge < -0.3 is 19.7 Å². The summed E-state index contributed by atoms with van der Waals surface area (Å²) in [6.45, 7) is 2.16. The predicted molar refractivity (Wildman–Crippen MR) is 137 cm³/mol. The summed E-state index contributed by atoms with van der Waals surface area (Å²) in [4.78, 5) is 26.7. The Bertz CT molecular complexity index is 1130. The van der Waals surface area contributed by atoms with Gasteiger partial charge in [0.1, 0.15) is 12.4 Å². The summed E-state index contributed by atoms with van der Waals surface area (Å²) in [5, 5.41) is 12.0. The molecule has 0 aliphatic carbocycles. The molecule has 2 aromatic rings. The fraction of sp³-hybridized carbons (Fsp3) is 0.417. The minimum atomic E-state index is -4.11. The van der Waals surface area contributed by atoms with Gasteiger partial charge in [0.2, 0.25) is 0 Å². The molecule has 1 aliphatic rings. The molecule has 2 aromatic carbocycles. The van der Waals surface area contributed by atoms with Crippen LogP contribution in [0.5, 0.6) is 5.75 Å². The topological polar surface area (TPSA) is 134 Å². The van der Waals surface area contributed by atoms with Crippen molar-refractivity contribution in [1.29, 1.82) is 0 Å². The molecule has 1 atom stereocenters. The molecule has 0 aromatic heterocycles. The first-order chi connectivity index (χ1) is 16.6. The van der Waals surface area contributed by atoms with Crippen molar-refractivity contribution in [1.82, 2.24) is 10.8 Å². The summed E-state index contributed by atoms with van der Waals surface area (Å²) in [7, 11) is -0.262. The molecule has 1 aliphatic heterocycles. The highest BCUT2D eigenvalue weighted by Crippen LogP contribution is 2.35. The molecular weight excluding hydrogens is 510 g/mol. The summed E-state index contributed by atoms with van der Waals surface area (Å²) >= 11 is 0. The first kappa shape index (κ1) is 29.4. The maximum Gasteiger partial charge on any atom is 0.265 e. The number of hydrogen-bond acceptors (Lipinski definition) is 8. The van der Waals surface area contributed by atoms with E-state index in [4.69, 9.17) is 14.7 Å². The average molecular weight is 542 g/mol. The number of anilines is 1. The van der Waals surface area contributed by atoms with Gasteiger partial charge in [-0.3, -0.25) is 14.8 Å². The van der Waals surface area contributed by atoms with Crippen LogP contribution in [0, 0.1) is 0 Å². The number of carbonyl (C=O) groups is 2. The minimum absolute atomic E-state index is 0. The van der Waals surface area contributed by atoms with Crippen LogP contribution in [0.1, 0.15) is 30.1 Å². The van der Waals surface area contributed by atoms with Gasteiger partial charge in [-0.1, -0.05) is 0 Å². The minimum Gasteiger partial charge on any atom is -0.491 e. The monoisotopic (exact) mass is 541 g/mol. The van der Waals surface area contributed by atoms with E-state index in [0.717, 1.165) is 5.69 Å². The molecule has 2 amide bonds. The van der Waals surface area contributed by atoms with Crippen molar-refractivity contribution in [3.8, 4) is 5.75 Å². The van der Waals surface area contributed by atoms with Crippen molar-refractivity contribution in [3.05, 3.63) is 54.1 Å². The van der Waals surface area contributed by atoms with Gasteiger partial charge in [0, 0.05) is 38.6 Å². The third-order valence-electron chi connectivity index (χ3n) is 5.99. The second-order valence-electron chi connectivity index (χ2n) is 8.65. The van der Waals surface area contributed by atoms with Gasteiger partial charge in [0.15, 0.2) is 14.6 Å². The van der Waals surface area contributed by atoms with E-state index in [1.807, 2.05) is 31.1 Å². The molecule has 0 unspecified atom stereocenters. The second-order valence-corrected chi connectivity index (χ2v) is 10.9. The Balaban J connectivity index is 0.00000456. The highest BCUT2D eigenvalue weighted by atomic mass is 35.5. The van der Waals surface area contributed by atoms with Gasteiger partial charge in [-0.15, -0.1) is 12.4 Å². The number of halogens is 1. The van der Waals surface area contributed by atoms with E-state index < -0.39 is 20.5 Å².